The summed E-state index contributed by atoms with van der Waals surface area (Å²) in [5.74, 6) is -1.57. The number of hydrogen-bond acceptors (Lipinski definition) is 9. The van der Waals surface area contributed by atoms with Crippen LogP contribution in [0, 0.1) is 0 Å². The highest BCUT2D eigenvalue weighted by Gasteiger charge is 2.36. The van der Waals surface area contributed by atoms with Gasteiger partial charge in [-0.3, -0.25) is 29.7 Å². The number of amides is 2. The summed E-state index contributed by atoms with van der Waals surface area (Å²) < 4.78 is 38.0. The molecule has 2 aliphatic rings. The van der Waals surface area contributed by atoms with Crippen LogP contribution < -0.4 is 15.3 Å². The van der Waals surface area contributed by atoms with Crippen LogP contribution in [-0.2, 0) is 14.9 Å². The summed E-state index contributed by atoms with van der Waals surface area (Å²) >= 11 is 6.85. The number of anilines is 2. The molecule has 0 unspecified atom stereocenters. The maximum absolute atomic E-state index is 12.8. The van der Waals surface area contributed by atoms with Crippen molar-refractivity contribution in [3.8, 4) is 0 Å². The lowest BCUT2D eigenvalue weighted by atomic mass is 10.2. The average molecular weight is 514 g/mol. The molecule has 2 aliphatic heterocycles. The molecule has 2 amide bonds. The highest BCUT2D eigenvalue weighted by molar-refractivity contribution is 7.85. The number of ether oxygens (including phenoxy) is 1. The van der Waals surface area contributed by atoms with Gasteiger partial charge in [-0.2, -0.15) is 8.42 Å². The highest BCUT2D eigenvalue weighted by Crippen LogP contribution is 2.27. The Balaban J connectivity index is 1.45. The summed E-state index contributed by atoms with van der Waals surface area (Å²) in [7, 11) is -4.50. The minimum Gasteiger partial charge on any atom is -0.442 e. The van der Waals surface area contributed by atoms with E-state index >= 15 is 0 Å². The Morgan fingerprint density at radius 2 is 2.00 bits per heavy atom. The number of cyclic esters (lactones) is 1. The standard InChI is InChI=1S/C19H20ClN5O6S2/c20-17-6-5-16(32-17)18(26)23(12-33(28,29)30)9-15-10-24(19(27)31-15)13-1-3-14(4-2-13)25-8-7-21-11-22-25/h1-6,11,15H,7-10,12H2,(H,21,22)(H,28,29,30)/t15-/m1/s1. The third-order valence-electron chi connectivity index (χ3n) is 4.92. The van der Waals surface area contributed by atoms with Gasteiger partial charge in [0.05, 0.1) is 41.1 Å². The van der Waals surface area contributed by atoms with E-state index in [-0.39, 0.29) is 18.0 Å². The van der Waals surface area contributed by atoms with E-state index in [9.17, 15) is 22.6 Å². The number of nitrogens with zero attached hydrogens (tertiary/aromatic N) is 4. The van der Waals surface area contributed by atoms with Crippen molar-refractivity contribution in [2.45, 2.75) is 6.10 Å². The van der Waals surface area contributed by atoms with E-state index in [0.717, 1.165) is 21.9 Å². The van der Waals surface area contributed by atoms with Gasteiger partial charge >= 0.3 is 6.09 Å². The van der Waals surface area contributed by atoms with Crippen LogP contribution in [0.25, 0.3) is 0 Å². The van der Waals surface area contributed by atoms with Crippen molar-refractivity contribution in [3.63, 3.8) is 0 Å². The third-order valence-corrected chi connectivity index (χ3v) is 6.78. The van der Waals surface area contributed by atoms with Crippen LogP contribution in [0.5, 0.6) is 0 Å². The number of rotatable bonds is 7. The zero-order chi connectivity index (χ0) is 23.6. The third kappa shape index (κ3) is 5.74. The Morgan fingerprint density at radius 3 is 2.61 bits per heavy atom. The smallest absolute Gasteiger partial charge is 0.414 e. The van der Waals surface area contributed by atoms with Gasteiger partial charge in [0.1, 0.15) is 18.3 Å². The molecule has 1 aromatic carbocycles. The first-order chi connectivity index (χ1) is 15.7. The number of nitrogens with one attached hydrogen (secondary N) is 1. The molecule has 14 heteroatoms. The minimum absolute atomic E-state index is 0.104. The van der Waals surface area contributed by atoms with Crippen molar-refractivity contribution in [1.29, 1.82) is 0 Å². The van der Waals surface area contributed by atoms with Crippen LogP contribution in [0.3, 0.4) is 0 Å². The van der Waals surface area contributed by atoms with Crippen LogP contribution in [0.15, 0.2) is 41.4 Å². The normalized spacial score (nSPS) is 18.2. The molecule has 0 radical (unpaired) electrons. The second-order valence-electron chi connectivity index (χ2n) is 7.29. The Morgan fingerprint density at radius 1 is 1.27 bits per heavy atom. The molecule has 33 heavy (non-hydrogen) atoms. The number of carbonyl (C=O) groups excluding carboxylic acids is 2. The molecule has 176 valence electrons. The summed E-state index contributed by atoms with van der Waals surface area (Å²) in [6, 6.07) is 10.2. The Kier molecular flexibility index (Phi) is 6.74. The van der Waals surface area contributed by atoms with Gasteiger partial charge in [0.2, 0.25) is 0 Å². The largest absolute Gasteiger partial charge is 0.442 e. The quantitative estimate of drug-likeness (QED) is 0.538. The van der Waals surface area contributed by atoms with Gasteiger partial charge < -0.3 is 9.64 Å². The zero-order valence-electron chi connectivity index (χ0n) is 17.1. The van der Waals surface area contributed by atoms with E-state index in [1.165, 1.54) is 17.0 Å². The van der Waals surface area contributed by atoms with E-state index in [1.807, 2.05) is 17.1 Å². The molecule has 0 bridgehead atoms. The predicted octanol–water partition coefficient (Wildman–Crippen LogP) is 2.07. The second kappa shape index (κ2) is 9.55. The van der Waals surface area contributed by atoms with Crippen LogP contribution >= 0.6 is 22.9 Å². The monoisotopic (exact) mass is 513 g/mol. The van der Waals surface area contributed by atoms with Crippen molar-refractivity contribution in [1.82, 2.24) is 10.3 Å². The minimum atomic E-state index is -4.50. The van der Waals surface area contributed by atoms with E-state index in [1.54, 1.807) is 18.5 Å². The number of thiophene rings is 1. The SMILES string of the molecule is O=C(c1ccc(Cl)s1)N(C[C@@H]1CN(c2ccc(N3CCN=CN3)cc2)C(=O)O1)CS(=O)(=O)O. The van der Waals surface area contributed by atoms with Gasteiger partial charge in [-0.25, -0.2) is 4.79 Å². The summed E-state index contributed by atoms with van der Waals surface area (Å²) in [6.45, 7) is 1.26. The number of halogens is 1. The Labute approximate surface area is 198 Å². The van der Waals surface area contributed by atoms with Crippen LogP contribution in [0.1, 0.15) is 9.67 Å². The van der Waals surface area contributed by atoms with Gasteiger partial charge in [-0.15, -0.1) is 11.3 Å². The van der Waals surface area contributed by atoms with E-state index in [2.05, 4.69) is 10.4 Å². The fourth-order valence-corrected chi connectivity index (χ4v) is 5.09. The molecule has 0 saturated carbocycles. The number of carbonyl (C=O) groups is 2. The molecular weight excluding hydrogens is 494 g/mol. The number of hydrazine groups is 1. The number of aliphatic imine (C=N–C) groups is 1. The number of benzene rings is 1. The summed E-state index contributed by atoms with van der Waals surface area (Å²) in [5, 5.41) is 1.91. The first kappa shape index (κ1) is 23.3. The Bertz CT molecular complexity index is 1170. The van der Waals surface area contributed by atoms with Crippen molar-refractivity contribution >= 4 is 62.8 Å². The van der Waals surface area contributed by atoms with Gasteiger partial charge in [0.25, 0.3) is 16.0 Å². The van der Waals surface area contributed by atoms with Crippen LogP contribution in [-0.4, -0.2) is 74.4 Å². The molecule has 1 fully saturated rings. The second-order valence-corrected chi connectivity index (χ2v) is 10.4. The summed E-state index contributed by atoms with van der Waals surface area (Å²) in [5.41, 5.74) is 4.52. The zero-order valence-corrected chi connectivity index (χ0v) is 19.5. The average Bonchev–Trinajstić information content (AvgIpc) is 3.38. The maximum Gasteiger partial charge on any atom is 0.414 e. The van der Waals surface area contributed by atoms with Crippen molar-refractivity contribution in [2.75, 3.05) is 42.0 Å². The highest BCUT2D eigenvalue weighted by atomic mass is 35.5. The molecule has 2 N–H and O–H groups in total. The molecule has 2 aromatic rings. The van der Waals surface area contributed by atoms with Crippen molar-refractivity contribution in [3.05, 3.63) is 45.6 Å². The molecule has 11 nitrogen and oxygen atoms in total. The molecule has 0 spiro atoms. The van der Waals surface area contributed by atoms with Gasteiger partial charge in [-0.05, 0) is 36.4 Å². The molecular formula is C19H20ClN5O6S2. The Hall–Kier alpha value is -2.87. The van der Waals surface area contributed by atoms with E-state index in [0.29, 0.717) is 23.1 Å². The molecule has 4 rings (SSSR count). The predicted molar refractivity (Wildman–Crippen MR) is 125 cm³/mol. The summed E-state index contributed by atoms with van der Waals surface area (Å²) in [6.07, 6.45) is 0.205. The van der Waals surface area contributed by atoms with Gasteiger partial charge in [0.15, 0.2) is 0 Å². The van der Waals surface area contributed by atoms with Crippen molar-refractivity contribution in [2.24, 2.45) is 4.99 Å². The van der Waals surface area contributed by atoms with Crippen molar-refractivity contribution < 1.29 is 27.3 Å². The lowest BCUT2D eigenvalue weighted by Gasteiger charge is -2.26. The molecule has 1 saturated heterocycles. The first-order valence-electron chi connectivity index (χ1n) is 9.79. The maximum atomic E-state index is 12.8. The number of hydrogen-bond donors (Lipinski definition) is 2. The van der Waals surface area contributed by atoms with Gasteiger partial charge in [0, 0.05) is 5.69 Å². The fourth-order valence-electron chi connectivity index (χ4n) is 3.46. The fraction of sp³-hybridized carbons (Fsp3) is 0.316. The first-order valence-corrected chi connectivity index (χ1v) is 12.6. The lowest BCUT2D eigenvalue weighted by Crippen LogP contribution is -2.42. The van der Waals surface area contributed by atoms with Gasteiger partial charge in [-0.1, -0.05) is 11.6 Å². The molecule has 3 heterocycles. The van der Waals surface area contributed by atoms with E-state index in [4.69, 9.17) is 16.3 Å². The van der Waals surface area contributed by atoms with Crippen LogP contribution in [0.4, 0.5) is 16.2 Å². The lowest BCUT2D eigenvalue weighted by molar-refractivity contribution is 0.0678. The molecule has 1 aromatic heterocycles. The molecule has 0 aliphatic carbocycles. The van der Waals surface area contributed by atoms with Crippen LogP contribution in [0.2, 0.25) is 4.34 Å². The van der Waals surface area contributed by atoms with E-state index < -0.39 is 34.1 Å². The topological polar surface area (TPSA) is 132 Å². The summed E-state index contributed by atoms with van der Waals surface area (Å²) in [4.78, 5) is 31.9. The molecule has 1 atom stereocenters.